The van der Waals surface area contributed by atoms with Gasteiger partial charge in [0.25, 0.3) is 10.2 Å². The fourth-order valence-electron chi connectivity index (χ4n) is 1.73. The maximum Gasteiger partial charge on any atom is 0.277 e. The van der Waals surface area contributed by atoms with Gasteiger partial charge < -0.3 is 0 Å². The monoisotopic (exact) mass is 305 g/mol. The van der Waals surface area contributed by atoms with Crippen LogP contribution in [0.15, 0.2) is 5.38 Å². The van der Waals surface area contributed by atoms with Gasteiger partial charge in [0.2, 0.25) is 0 Å². The fraction of sp³-hybridized carbons (Fsp3) is 0.750. The van der Waals surface area contributed by atoms with Crippen LogP contribution in [-0.4, -0.2) is 19.4 Å². The maximum absolute atomic E-state index is 12.0. The molecule has 1 rings (SSSR count). The van der Waals surface area contributed by atoms with E-state index in [1.54, 1.807) is 13.8 Å². The second-order valence-electron chi connectivity index (χ2n) is 5.40. The molecular formula is C12H23N3O2S2. The second kappa shape index (κ2) is 6.78. The number of thiazole rings is 1. The number of hydrogen-bond donors (Lipinski definition) is 2. The summed E-state index contributed by atoms with van der Waals surface area (Å²) >= 11 is 1.49. The van der Waals surface area contributed by atoms with Gasteiger partial charge in [0.1, 0.15) is 5.01 Å². The van der Waals surface area contributed by atoms with Crippen LogP contribution in [0.25, 0.3) is 0 Å². The molecule has 0 spiro atoms. The number of rotatable bonds is 7. The van der Waals surface area contributed by atoms with Crippen molar-refractivity contribution in [2.45, 2.75) is 53.1 Å². The van der Waals surface area contributed by atoms with Crippen molar-refractivity contribution < 1.29 is 8.42 Å². The predicted molar refractivity (Wildman–Crippen MR) is 79.4 cm³/mol. The summed E-state index contributed by atoms with van der Waals surface area (Å²) in [5.74, 6) is 0.385. The third-order valence-corrected chi connectivity index (χ3v) is 4.78. The van der Waals surface area contributed by atoms with E-state index in [1.807, 2.05) is 12.3 Å². The van der Waals surface area contributed by atoms with E-state index in [0.29, 0.717) is 5.92 Å². The lowest BCUT2D eigenvalue weighted by Gasteiger charge is -2.19. The van der Waals surface area contributed by atoms with E-state index in [-0.39, 0.29) is 12.1 Å². The Morgan fingerprint density at radius 2 is 1.89 bits per heavy atom. The zero-order chi connectivity index (χ0) is 14.6. The molecule has 0 aliphatic carbocycles. The van der Waals surface area contributed by atoms with Crippen molar-refractivity contribution >= 4 is 21.5 Å². The highest BCUT2D eigenvalue weighted by Gasteiger charge is 2.23. The first-order chi connectivity index (χ1) is 8.69. The maximum atomic E-state index is 12.0. The minimum Gasteiger partial charge on any atom is -0.245 e. The summed E-state index contributed by atoms with van der Waals surface area (Å²) in [5, 5.41) is 2.76. The highest BCUT2D eigenvalue weighted by Crippen LogP contribution is 2.25. The molecule has 0 aliphatic rings. The Bertz CT molecular complexity index is 495. The summed E-state index contributed by atoms with van der Waals surface area (Å²) in [7, 11) is -3.50. The second-order valence-corrected chi connectivity index (χ2v) is 7.77. The SMILES string of the molecule is Cc1csc(C(CC(C)C)NS(=O)(=O)NC(C)C)n1. The van der Waals surface area contributed by atoms with Crippen molar-refractivity contribution in [1.82, 2.24) is 14.4 Å². The van der Waals surface area contributed by atoms with Crippen LogP contribution in [0.5, 0.6) is 0 Å². The third-order valence-electron chi connectivity index (χ3n) is 2.33. The molecular weight excluding hydrogens is 282 g/mol. The third kappa shape index (κ3) is 5.99. The number of aromatic nitrogens is 1. The zero-order valence-corrected chi connectivity index (χ0v) is 13.7. The van der Waals surface area contributed by atoms with E-state index >= 15 is 0 Å². The molecule has 1 heterocycles. The van der Waals surface area contributed by atoms with Crippen LogP contribution in [0.4, 0.5) is 0 Å². The largest absolute Gasteiger partial charge is 0.277 e. The molecule has 1 aromatic heterocycles. The van der Waals surface area contributed by atoms with Crippen LogP contribution in [0.3, 0.4) is 0 Å². The summed E-state index contributed by atoms with van der Waals surface area (Å²) in [4.78, 5) is 4.39. The molecule has 0 bridgehead atoms. The molecule has 0 fully saturated rings. The summed E-state index contributed by atoms with van der Waals surface area (Å²) in [6, 6.07) is -0.398. The van der Waals surface area contributed by atoms with Crippen LogP contribution in [0, 0.1) is 12.8 Å². The van der Waals surface area contributed by atoms with Crippen molar-refractivity contribution in [3.8, 4) is 0 Å². The molecule has 110 valence electrons. The van der Waals surface area contributed by atoms with Gasteiger partial charge in [-0.15, -0.1) is 11.3 Å². The molecule has 0 amide bonds. The molecule has 0 saturated carbocycles. The van der Waals surface area contributed by atoms with E-state index < -0.39 is 10.2 Å². The average Bonchev–Trinajstić information content (AvgIpc) is 2.60. The Labute approximate surface area is 120 Å². The fourth-order valence-corrected chi connectivity index (χ4v) is 3.94. The lowest BCUT2D eigenvalue weighted by atomic mass is 10.1. The molecule has 5 nitrogen and oxygen atoms in total. The van der Waals surface area contributed by atoms with Gasteiger partial charge in [0.15, 0.2) is 0 Å². The molecule has 7 heteroatoms. The zero-order valence-electron chi connectivity index (χ0n) is 12.1. The Balaban J connectivity index is 2.87. The molecule has 0 aromatic carbocycles. The minimum absolute atomic E-state index is 0.129. The molecule has 0 aliphatic heterocycles. The Morgan fingerprint density at radius 3 is 2.32 bits per heavy atom. The topological polar surface area (TPSA) is 71.1 Å². The molecule has 1 aromatic rings. The number of nitrogens with one attached hydrogen (secondary N) is 2. The molecule has 1 atom stereocenters. The van der Waals surface area contributed by atoms with Gasteiger partial charge >= 0.3 is 0 Å². The molecule has 2 N–H and O–H groups in total. The average molecular weight is 305 g/mol. The van der Waals surface area contributed by atoms with Gasteiger partial charge in [-0.25, -0.2) is 4.98 Å². The number of hydrogen-bond acceptors (Lipinski definition) is 4. The van der Waals surface area contributed by atoms with E-state index in [1.165, 1.54) is 11.3 Å². The molecule has 19 heavy (non-hydrogen) atoms. The normalized spacial score (nSPS) is 14.3. The first kappa shape index (κ1) is 16.6. The highest BCUT2D eigenvalue weighted by atomic mass is 32.2. The summed E-state index contributed by atoms with van der Waals surface area (Å²) < 4.78 is 29.2. The van der Waals surface area contributed by atoms with Crippen LogP contribution >= 0.6 is 11.3 Å². The van der Waals surface area contributed by atoms with Crippen molar-refractivity contribution in [2.75, 3.05) is 0 Å². The van der Waals surface area contributed by atoms with Crippen molar-refractivity contribution in [3.05, 3.63) is 16.1 Å². The van der Waals surface area contributed by atoms with Crippen molar-refractivity contribution in [3.63, 3.8) is 0 Å². The lowest BCUT2D eigenvalue weighted by molar-refractivity contribution is 0.464. The quantitative estimate of drug-likeness (QED) is 0.812. The molecule has 1 unspecified atom stereocenters. The van der Waals surface area contributed by atoms with E-state index in [2.05, 4.69) is 28.3 Å². The van der Waals surface area contributed by atoms with Gasteiger partial charge in [-0.2, -0.15) is 17.9 Å². The van der Waals surface area contributed by atoms with E-state index in [9.17, 15) is 8.42 Å². The Morgan fingerprint density at radius 1 is 1.26 bits per heavy atom. The minimum atomic E-state index is -3.50. The van der Waals surface area contributed by atoms with Gasteiger partial charge in [-0.3, -0.25) is 0 Å². The number of aryl methyl sites for hydroxylation is 1. The first-order valence-electron chi connectivity index (χ1n) is 6.41. The summed E-state index contributed by atoms with van der Waals surface area (Å²) in [6.07, 6.45) is 0.728. The van der Waals surface area contributed by atoms with Crippen LogP contribution in [0.1, 0.15) is 50.9 Å². The number of nitrogens with zero attached hydrogens (tertiary/aromatic N) is 1. The predicted octanol–water partition coefficient (Wildman–Crippen LogP) is 2.37. The summed E-state index contributed by atoms with van der Waals surface area (Å²) in [6.45, 7) is 9.64. The summed E-state index contributed by atoms with van der Waals surface area (Å²) in [5.41, 5.74) is 0.921. The highest BCUT2D eigenvalue weighted by molar-refractivity contribution is 7.87. The molecule has 0 saturated heterocycles. The van der Waals surface area contributed by atoms with Gasteiger partial charge in [-0.1, -0.05) is 13.8 Å². The molecule has 0 radical (unpaired) electrons. The van der Waals surface area contributed by atoms with Crippen LogP contribution in [0.2, 0.25) is 0 Å². The van der Waals surface area contributed by atoms with Gasteiger partial charge in [-0.05, 0) is 33.1 Å². The van der Waals surface area contributed by atoms with Crippen molar-refractivity contribution in [2.24, 2.45) is 5.92 Å². The standard InChI is InChI=1S/C12H23N3O2S2/c1-8(2)6-11(12-13-10(5)7-18-12)15-19(16,17)14-9(3)4/h7-9,11,14-15H,6H2,1-5H3. The first-order valence-corrected chi connectivity index (χ1v) is 8.77. The Hall–Kier alpha value is -0.500. The van der Waals surface area contributed by atoms with Crippen molar-refractivity contribution in [1.29, 1.82) is 0 Å². The smallest absolute Gasteiger partial charge is 0.245 e. The van der Waals surface area contributed by atoms with Gasteiger partial charge in [0.05, 0.1) is 6.04 Å². The van der Waals surface area contributed by atoms with E-state index in [4.69, 9.17) is 0 Å². The van der Waals surface area contributed by atoms with E-state index in [0.717, 1.165) is 17.1 Å². The lowest BCUT2D eigenvalue weighted by Crippen LogP contribution is -2.42. The van der Waals surface area contributed by atoms with Gasteiger partial charge in [0, 0.05) is 17.1 Å². The Kier molecular flexibility index (Phi) is 5.91. The van der Waals surface area contributed by atoms with Crippen LogP contribution in [-0.2, 0) is 10.2 Å². The van der Waals surface area contributed by atoms with Crippen LogP contribution < -0.4 is 9.44 Å².